The minimum atomic E-state index is 0.711. The molecule has 0 unspecified atom stereocenters. The summed E-state index contributed by atoms with van der Waals surface area (Å²) in [5.41, 5.74) is 1.78. The summed E-state index contributed by atoms with van der Waals surface area (Å²) in [6.07, 6.45) is 5.13. The summed E-state index contributed by atoms with van der Waals surface area (Å²) >= 11 is 0. The summed E-state index contributed by atoms with van der Waals surface area (Å²) in [6, 6.07) is 10.6. The highest BCUT2D eigenvalue weighted by Gasteiger charge is 2.19. The van der Waals surface area contributed by atoms with Gasteiger partial charge in [-0.1, -0.05) is 6.07 Å². The molecule has 3 nitrogen and oxygen atoms in total. The lowest BCUT2D eigenvalue weighted by Gasteiger charge is -2.28. The number of nitrogens with one attached hydrogen (secondary N) is 2. The zero-order chi connectivity index (χ0) is 12.8. The summed E-state index contributed by atoms with van der Waals surface area (Å²) in [4.78, 5) is 0. The van der Waals surface area contributed by atoms with E-state index < -0.39 is 0 Å². The largest absolute Gasteiger partial charge is 0.385 e. The van der Waals surface area contributed by atoms with E-state index in [1.165, 1.54) is 25.7 Å². The Labute approximate surface area is 109 Å². The Morgan fingerprint density at radius 2 is 2.06 bits per heavy atom. The average molecular weight is 243 g/mol. The maximum atomic E-state index is 8.85. The van der Waals surface area contributed by atoms with Gasteiger partial charge >= 0.3 is 0 Å². The van der Waals surface area contributed by atoms with Gasteiger partial charge in [0.2, 0.25) is 0 Å². The predicted octanol–water partition coefficient (Wildman–Crippen LogP) is 2.75. The van der Waals surface area contributed by atoms with E-state index in [1.807, 2.05) is 24.3 Å². The Balaban J connectivity index is 1.80. The van der Waals surface area contributed by atoms with E-state index in [9.17, 15) is 0 Å². The SMILES string of the molecule is CNC1CCC(CNc2cccc(C#N)c2)CC1. The van der Waals surface area contributed by atoms with Crippen LogP contribution < -0.4 is 10.6 Å². The molecule has 2 rings (SSSR count). The fourth-order valence-electron chi connectivity index (χ4n) is 2.62. The summed E-state index contributed by atoms with van der Waals surface area (Å²) in [7, 11) is 2.05. The van der Waals surface area contributed by atoms with Crippen molar-refractivity contribution in [2.75, 3.05) is 18.9 Å². The summed E-state index contributed by atoms with van der Waals surface area (Å²) < 4.78 is 0. The zero-order valence-corrected chi connectivity index (χ0v) is 10.9. The fourth-order valence-corrected chi connectivity index (χ4v) is 2.62. The molecule has 96 valence electrons. The molecule has 0 saturated heterocycles. The van der Waals surface area contributed by atoms with Gasteiger partial charge < -0.3 is 10.6 Å². The topological polar surface area (TPSA) is 47.8 Å². The minimum absolute atomic E-state index is 0.711. The molecule has 0 aromatic heterocycles. The van der Waals surface area contributed by atoms with Crippen LogP contribution in [0, 0.1) is 17.2 Å². The van der Waals surface area contributed by atoms with Crippen molar-refractivity contribution in [1.82, 2.24) is 5.32 Å². The van der Waals surface area contributed by atoms with Gasteiger partial charge in [0.15, 0.2) is 0 Å². The van der Waals surface area contributed by atoms with Crippen molar-refractivity contribution in [3.8, 4) is 6.07 Å². The number of anilines is 1. The lowest BCUT2D eigenvalue weighted by atomic mass is 9.86. The van der Waals surface area contributed by atoms with Gasteiger partial charge in [-0.05, 0) is 56.8 Å². The van der Waals surface area contributed by atoms with E-state index in [0.29, 0.717) is 6.04 Å². The second kappa shape index (κ2) is 6.42. The van der Waals surface area contributed by atoms with Crippen LogP contribution in [0.1, 0.15) is 31.2 Å². The molecule has 0 atom stereocenters. The van der Waals surface area contributed by atoms with Crippen LogP contribution in [0.25, 0.3) is 0 Å². The second-order valence-electron chi connectivity index (χ2n) is 5.08. The maximum absolute atomic E-state index is 8.85. The van der Waals surface area contributed by atoms with Gasteiger partial charge in [0.05, 0.1) is 11.6 Å². The average Bonchev–Trinajstić information content (AvgIpc) is 2.46. The Morgan fingerprint density at radius 1 is 1.28 bits per heavy atom. The molecule has 18 heavy (non-hydrogen) atoms. The summed E-state index contributed by atoms with van der Waals surface area (Å²) in [5, 5.41) is 15.7. The van der Waals surface area contributed by atoms with E-state index in [0.717, 1.165) is 23.7 Å². The van der Waals surface area contributed by atoms with Crippen LogP contribution in [-0.2, 0) is 0 Å². The predicted molar refractivity (Wildman–Crippen MR) is 74.5 cm³/mol. The van der Waals surface area contributed by atoms with Crippen molar-refractivity contribution in [3.63, 3.8) is 0 Å². The van der Waals surface area contributed by atoms with Crippen molar-refractivity contribution >= 4 is 5.69 Å². The van der Waals surface area contributed by atoms with Gasteiger partial charge in [-0.15, -0.1) is 0 Å². The van der Waals surface area contributed by atoms with Gasteiger partial charge in [0.25, 0.3) is 0 Å². The molecule has 1 aliphatic rings. The quantitative estimate of drug-likeness (QED) is 0.855. The zero-order valence-electron chi connectivity index (χ0n) is 10.9. The molecule has 1 fully saturated rings. The lowest BCUT2D eigenvalue weighted by Crippen LogP contribution is -2.32. The molecule has 0 aliphatic heterocycles. The molecule has 0 heterocycles. The fraction of sp³-hybridized carbons (Fsp3) is 0.533. The molecule has 3 heteroatoms. The highest BCUT2D eigenvalue weighted by Crippen LogP contribution is 2.24. The third-order valence-electron chi connectivity index (χ3n) is 3.84. The molecule has 1 aromatic carbocycles. The van der Waals surface area contributed by atoms with Gasteiger partial charge in [0, 0.05) is 18.3 Å². The first-order chi connectivity index (χ1) is 8.81. The van der Waals surface area contributed by atoms with Crippen LogP contribution in [-0.4, -0.2) is 19.6 Å². The van der Waals surface area contributed by atoms with Crippen LogP contribution in [0.5, 0.6) is 0 Å². The van der Waals surface area contributed by atoms with Crippen molar-refractivity contribution in [3.05, 3.63) is 29.8 Å². The normalized spacial score (nSPS) is 23.3. The van der Waals surface area contributed by atoms with Gasteiger partial charge in [0.1, 0.15) is 0 Å². The summed E-state index contributed by atoms with van der Waals surface area (Å²) in [6.45, 7) is 1.02. The Morgan fingerprint density at radius 3 is 2.72 bits per heavy atom. The van der Waals surface area contributed by atoms with E-state index in [1.54, 1.807) is 0 Å². The molecular weight excluding hydrogens is 222 g/mol. The molecule has 1 saturated carbocycles. The third-order valence-corrected chi connectivity index (χ3v) is 3.84. The second-order valence-corrected chi connectivity index (χ2v) is 5.08. The number of benzene rings is 1. The first-order valence-electron chi connectivity index (χ1n) is 6.73. The van der Waals surface area contributed by atoms with Gasteiger partial charge in [-0.25, -0.2) is 0 Å². The minimum Gasteiger partial charge on any atom is -0.385 e. The number of nitriles is 1. The molecule has 1 aromatic rings. The van der Waals surface area contributed by atoms with Crippen molar-refractivity contribution in [1.29, 1.82) is 5.26 Å². The van der Waals surface area contributed by atoms with Gasteiger partial charge in [-0.3, -0.25) is 0 Å². The van der Waals surface area contributed by atoms with Crippen molar-refractivity contribution in [2.45, 2.75) is 31.7 Å². The van der Waals surface area contributed by atoms with Crippen LogP contribution >= 0.6 is 0 Å². The van der Waals surface area contributed by atoms with Crippen molar-refractivity contribution < 1.29 is 0 Å². The van der Waals surface area contributed by atoms with E-state index in [4.69, 9.17) is 5.26 Å². The smallest absolute Gasteiger partial charge is 0.0992 e. The third kappa shape index (κ3) is 3.48. The number of rotatable bonds is 4. The van der Waals surface area contributed by atoms with Crippen LogP contribution in [0.2, 0.25) is 0 Å². The molecule has 0 radical (unpaired) electrons. The van der Waals surface area contributed by atoms with Crippen LogP contribution in [0.4, 0.5) is 5.69 Å². The number of nitrogens with zero attached hydrogens (tertiary/aromatic N) is 1. The molecular formula is C15H21N3. The first-order valence-corrected chi connectivity index (χ1v) is 6.73. The lowest BCUT2D eigenvalue weighted by molar-refractivity contribution is 0.312. The summed E-state index contributed by atoms with van der Waals surface area (Å²) in [5.74, 6) is 0.764. The molecule has 0 bridgehead atoms. The van der Waals surface area contributed by atoms with E-state index in [2.05, 4.69) is 23.8 Å². The highest BCUT2D eigenvalue weighted by atomic mass is 14.9. The molecule has 1 aliphatic carbocycles. The maximum Gasteiger partial charge on any atom is 0.0992 e. The van der Waals surface area contributed by atoms with E-state index >= 15 is 0 Å². The molecule has 0 spiro atoms. The highest BCUT2D eigenvalue weighted by molar-refractivity contribution is 5.49. The van der Waals surface area contributed by atoms with Crippen LogP contribution in [0.3, 0.4) is 0 Å². The molecule has 2 N–H and O–H groups in total. The van der Waals surface area contributed by atoms with Crippen LogP contribution in [0.15, 0.2) is 24.3 Å². The first kappa shape index (κ1) is 12.9. The Hall–Kier alpha value is -1.53. The standard InChI is InChI=1S/C15H21N3/c1-17-14-7-5-12(6-8-14)11-18-15-4-2-3-13(9-15)10-16/h2-4,9,12,14,17-18H,5-8,11H2,1H3. The monoisotopic (exact) mass is 243 g/mol. The Bertz CT molecular complexity index is 414. The van der Waals surface area contributed by atoms with Crippen molar-refractivity contribution in [2.24, 2.45) is 5.92 Å². The molecule has 0 amide bonds. The van der Waals surface area contributed by atoms with E-state index in [-0.39, 0.29) is 0 Å². The number of hydrogen-bond donors (Lipinski definition) is 2. The Kier molecular flexibility index (Phi) is 4.60. The number of hydrogen-bond acceptors (Lipinski definition) is 3. The van der Waals surface area contributed by atoms with Gasteiger partial charge in [-0.2, -0.15) is 5.26 Å².